The fraction of sp³-hybridized carbons (Fsp3) is 0.667. The first-order valence-corrected chi connectivity index (χ1v) is 6.80. The summed E-state index contributed by atoms with van der Waals surface area (Å²) in [6.07, 6.45) is 0. The third kappa shape index (κ3) is 2.40. The Morgan fingerprint density at radius 1 is 0.929 bits per heavy atom. The smallest absolute Gasteiger partial charge is 0.0123 e. The Morgan fingerprint density at radius 2 is 1.29 bits per heavy atom. The molecule has 0 spiro atoms. The molecule has 0 aromatic carbocycles. The van der Waals surface area contributed by atoms with Crippen LogP contribution in [0.2, 0.25) is 0 Å². The van der Waals surface area contributed by atoms with Crippen molar-refractivity contribution >= 4 is 7.68 Å². The molecule has 0 amide bonds. The van der Waals surface area contributed by atoms with Gasteiger partial charge in [-0.2, -0.15) is 0 Å². The number of aryl methyl sites for hydroxylation is 2. The van der Waals surface area contributed by atoms with E-state index >= 15 is 0 Å². The Balaban J connectivity index is 2.99. The van der Waals surface area contributed by atoms with Crippen molar-refractivity contribution in [1.29, 1.82) is 0 Å². The van der Waals surface area contributed by atoms with Gasteiger partial charge in [-0.3, -0.25) is 4.67 Å². The predicted octanol–water partition coefficient (Wildman–Crippen LogP) is 4.04. The highest BCUT2D eigenvalue weighted by molar-refractivity contribution is 7.50. The zero-order valence-electron chi connectivity index (χ0n) is 10.2. The van der Waals surface area contributed by atoms with E-state index in [1.807, 2.05) is 0 Å². The first-order valence-electron chi connectivity index (χ1n) is 5.37. The highest BCUT2D eigenvalue weighted by atomic mass is 31.1. The van der Waals surface area contributed by atoms with E-state index < -0.39 is 0 Å². The summed E-state index contributed by atoms with van der Waals surface area (Å²) in [6.45, 7) is 13.6. The molecule has 0 saturated heterocycles. The summed E-state index contributed by atoms with van der Waals surface area (Å²) < 4.78 is 2.61. The summed E-state index contributed by atoms with van der Waals surface area (Å²) in [5.41, 5.74) is 2.92. The van der Waals surface area contributed by atoms with Gasteiger partial charge < -0.3 is 0 Å². The molecular weight excluding hydrogens is 189 g/mol. The lowest BCUT2D eigenvalue weighted by Gasteiger charge is -2.30. The summed E-state index contributed by atoms with van der Waals surface area (Å²) in [5, 5.41) is 0. The van der Waals surface area contributed by atoms with Crippen molar-refractivity contribution in [2.45, 2.75) is 53.6 Å². The van der Waals surface area contributed by atoms with Crippen molar-refractivity contribution in [3.63, 3.8) is 0 Å². The van der Waals surface area contributed by atoms with Crippen molar-refractivity contribution in [2.24, 2.45) is 0 Å². The van der Waals surface area contributed by atoms with Crippen molar-refractivity contribution in [3.8, 4) is 0 Å². The molecule has 0 bridgehead atoms. The fourth-order valence-electron chi connectivity index (χ4n) is 1.90. The highest BCUT2D eigenvalue weighted by Crippen LogP contribution is 2.37. The predicted molar refractivity (Wildman–Crippen MR) is 67.1 cm³/mol. The molecule has 1 heterocycles. The second-order valence-electron chi connectivity index (χ2n) is 4.57. The lowest BCUT2D eigenvalue weighted by Crippen LogP contribution is -2.34. The van der Waals surface area contributed by atoms with E-state index in [1.165, 1.54) is 11.1 Å². The molecule has 0 saturated carbocycles. The maximum absolute atomic E-state index is 2.61. The van der Waals surface area contributed by atoms with Crippen molar-refractivity contribution < 1.29 is 0 Å². The van der Waals surface area contributed by atoms with Gasteiger partial charge in [-0.15, -0.1) is 0 Å². The van der Waals surface area contributed by atoms with Gasteiger partial charge in [0.15, 0.2) is 0 Å². The molecule has 0 radical (unpaired) electrons. The van der Waals surface area contributed by atoms with Gasteiger partial charge in [-0.05, 0) is 64.3 Å². The quantitative estimate of drug-likeness (QED) is 0.729. The van der Waals surface area contributed by atoms with Crippen LogP contribution in [0.3, 0.4) is 0 Å². The van der Waals surface area contributed by atoms with Crippen LogP contribution >= 0.6 is 7.68 Å². The molecule has 80 valence electrons. The minimum atomic E-state index is -0.157. The number of nitrogens with zero attached hydrogens (tertiary/aromatic N) is 1. The van der Waals surface area contributed by atoms with Crippen LogP contribution in [0.5, 0.6) is 0 Å². The first-order chi connectivity index (χ1) is 6.43. The zero-order chi connectivity index (χ0) is 10.9. The first kappa shape index (κ1) is 11.8. The largest absolute Gasteiger partial charge is 0.256 e. The zero-order valence-corrected chi connectivity index (χ0v) is 11.1. The van der Waals surface area contributed by atoms with E-state index in [2.05, 4.69) is 57.8 Å². The van der Waals surface area contributed by atoms with E-state index in [0.717, 1.165) is 0 Å². The normalized spacial score (nSPS) is 12.1. The monoisotopic (exact) mass is 211 g/mol. The SMILES string of the molecule is Cc1cp(N(C(C)C)C(C)C)cc1C. The maximum Gasteiger partial charge on any atom is 0.0123 e. The number of hydrogen-bond acceptors (Lipinski definition) is 1. The third-order valence-electron chi connectivity index (χ3n) is 2.60. The fourth-order valence-corrected chi connectivity index (χ4v) is 4.51. The van der Waals surface area contributed by atoms with Crippen molar-refractivity contribution in [2.75, 3.05) is 4.67 Å². The Labute approximate surface area is 89.2 Å². The minimum Gasteiger partial charge on any atom is -0.256 e. The van der Waals surface area contributed by atoms with Gasteiger partial charge in [0.05, 0.1) is 0 Å². The van der Waals surface area contributed by atoms with Crippen LogP contribution < -0.4 is 4.67 Å². The standard InChI is InChI=1S/C12H22NP/c1-9(2)13(10(3)4)14-7-11(5)12(6)8-14/h7-10H,1-6H3. The molecule has 2 heteroatoms. The van der Waals surface area contributed by atoms with Crippen molar-refractivity contribution in [3.05, 3.63) is 22.7 Å². The molecule has 1 aromatic rings. The summed E-state index contributed by atoms with van der Waals surface area (Å²) in [6, 6.07) is 1.26. The second-order valence-corrected chi connectivity index (χ2v) is 6.31. The summed E-state index contributed by atoms with van der Waals surface area (Å²) in [5.74, 6) is 4.87. The van der Waals surface area contributed by atoms with E-state index in [1.54, 1.807) is 0 Å². The lowest BCUT2D eigenvalue weighted by atomic mass is 10.2. The van der Waals surface area contributed by atoms with Crippen LogP contribution in [0, 0.1) is 13.8 Å². The molecule has 0 unspecified atom stereocenters. The van der Waals surface area contributed by atoms with Crippen LogP contribution in [0.1, 0.15) is 38.8 Å². The van der Waals surface area contributed by atoms with Crippen LogP contribution in [0.15, 0.2) is 11.6 Å². The summed E-state index contributed by atoms with van der Waals surface area (Å²) >= 11 is 0. The molecule has 0 N–H and O–H groups in total. The van der Waals surface area contributed by atoms with E-state index in [9.17, 15) is 0 Å². The van der Waals surface area contributed by atoms with Crippen LogP contribution in [0.4, 0.5) is 0 Å². The summed E-state index contributed by atoms with van der Waals surface area (Å²) in [7, 11) is -0.157. The lowest BCUT2D eigenvalue weighted by molar-refractivity contribution is 0.651. The van der Waals surface area contributed by atoms with Crippen LogP contribution in [-0.4, -0.2) is 12.1 Å². The Morgan fingerprint density at radius 3 is 1.57 bits per heavy atom. The van der Waals surface area contributed by atoms with Gasteiger partial charge in [-0.25, -0.2) is 0 Å². The molecule has 14 heavy (non-hydrogen) atoms. The summed E-state index contributed by atoms with van der Waals surface area (Å²) in [4.78, 5) is 0. The Bertz CT molecular complexity index is 272. The molecule has 1 nitrogen and oxygen atoms in total. The topological polar surface area (TPSA) is 3.24 Å². The van der Waals surface area contributed by atoms with E-state index in [-0.39, 0.29) is 7.68 Å². The molecule has 0 fully saturated rings. The van der Waals surface area contributed by atoms with Gasteiger partial charge in [0, 0.05) is 12.1 Å². The molecule has 0 aliphatic rings. The van der Waals surface area contributed by atoms with E-state index in [4.69, 9.17) is 0 Å². The molecule has 0 aliphatic heterocycles. The van der Waals surface area contributed by atoms with Gasteiger partial charge in [0.25, 0.3) is 0 Å². The van der Waals surface area contributed by atoms with E-state index in [0.29, 0.717) is 12.1 Å². The molecule has 0 aliphatic carbocycles. The van der Waals surface area contributed by atoms with Gasteiger partial charge in [0.2, 0.25) is 0 Å². The second kappa shape index (κ2) is 4.51. The van der Waals surface area contributed by atoms with Crippen molar-refractivity contribution in [1.82, 2.24) is 0 Å². The molecule has 1 rings (SSSR count). The number of hydrogen-bond donors (Lipinski definition) is 0. The highest BCUT2D eigenvalue weighted by Gasteiger charge is 2.16. The minimum absolute atomic E-state index is 0.157. The maximum atomic E-state index is 2.61. The molecule has 1 aromatic heterocycles. The molecular formula is C12H22NP. The van der Waals surface area contributed by atoms with Gasteiger partial charge >= 0.3 is 0 Å². The Kier molecular flexibility index (Phi) is 3.80. The average molecular weight is 211 g/mol. The third-order valence-corrected chi connectivity index (χ3v) is 5.36. The van der Waals surface area contributed by atoms with Crippen LogP contribution in [0.25, 0.3) is 0 Å². The number of rotatable bonds is 3. The van der Waals surface area contributed by atoms with Crippen LogP contribution in [-0.2, 0) is 0 Å². The average Bonchev–Trinajstić information content (AvgIpc) is 2.29. The Hall–Kier alpha value is -0.260. The molecule has 0 atom stereocenters. The van der Waals surface area contributed by atoms with Gasteiger partial charge in [0.1, 0.15) is 0 Å². The van der Waals surface area contributed by atoms with Gasteiger partial charge in [-0.1, -0.05) is 7.68 Å².